The number of anilines is 1. The number of piperidine rings is 2. The van der Waals surface area contributed by atoms with Crippen LogP contribution in [-0.4, -0.2) is 47.6 Å². The summed E-state index contributed by atoms with van der Waals surface area (Å²) in [4.78, 5) is 13.8. The third-order valence-electron chi connectivity index (χ3n) is 6.13. The van der Waals surface area contributed by atoms with Crippen molar-refractivity contribution in [2.24, 2.45) is 5.41 Å². The molecule has 4 rings (SSSR count). The minimum Gasteiger partial charge on any atom is -0.355 e. The summed E-state index contributed by atoms with van der Waals surface area (Å²) in [7, 11) is 0. The molecule has 0 bridgehead atoms. The molecule has 2 fully saturated rings. The number of likely N-dealkylation sites (tertiary alicyclic amines) is 1. The lowest BCUT2D eigenvalue weighted by Crippen LogP contribution is -2.51. The minimum atomic E-state index is 0.452. The standard InChI is InChI=1S/C21H28N4/c1-2-24-16-19(18-6-4-3-5-7-18)14-21(17-24)8-12-25(13-9-21)20-15-22-10-11-23-20/h3-7,10-11,15,19H,2,8-9,12-14,16-17H2,1H3/t19-/m0/s1. The van der Waals surface area contributed by atoms with E-state index in [1.807, 2.05) is 6.20 Å². The van der Waals surface area contributed by atoms with E-state index in [2.05, 4.69) is 57.0 Å². The zero-order valence-corrected chi connectivity index (χ0v) is 15.1. The highest BCUT2D eigenvalue weighted by molar-refractivity contribution is 5.36. The molecule has 2 aliphatic heterocycles. The van der Waals surface area contributed by atoms with Crippen molar-refractivity contribution in [3.63, 3.8) is 0 Å². The normalized spacial score (nSPS) is 23.7. The van der Waals surface area contributed by atoms with Gasteiger partial charge in [0.25, 0.3) is 0 Å². The topological polar surface area (TPSA) is 32.3 Å². The van der Waals surface area contributed by atoms with E-state index in [4.69, 9.17) is 0 Å². The molecule has 4 heteroatoms. The Morgan fingerprint density at radius 2 is 1.92 bits per heavy atom. The number of hydrogen-bond donors (Lipinski definition) is 0. The molecule has 0 amide bonds. The molecule has 1 aromatic heterocycles. The zero-order chi connectivity index (χ0) is 17.1. The van der Waals surface area contributed by atoms with Crippen molar-refractivity contribution in [3.05, 3.63) is 54.5 Å². The number of aromatic nitrogens is 2. The van der Waals surface area contributed by atoms with Gasteiger partial charge in [0.05, 0.1) is 6.20 Å². The van der Waals surface area contributed by atoms with Gasteiger partial charge in [-0.15, -0.1) is 0 Å². The Labute approximate surface area is 150 Å². The minimum absolute atomic E-state index is 0.452. The van der Waals surface area contributed by atoms with E-state index < -0.39 is 0 Å². The van der Waals surface area contributed by atoms with E-state index in [9.17, 15) is 0 Å². The van der Waals surface area contributed by atoms with Crippen molar-refractivity contribution in [1.82, 2.24) is 14.9 Å². The quantitative estimate of drug-likeness (QED) is 0.858. The molecular formula is C21H28N4. The Kier molecular flexibility index (Phi) is 4.71. The number of benzene rings is 1. The van der Waals surface area contributed by atoms with E-state index >= 15 is 0 Å². The molecule has 0 unspecified atom stereocenters. The van der Waals surface area contributed by atoms with E-state index in [1.54, 1.807) is 12.4 Å². The van der Waals surface area contributed by atoms with Gasteiger partial charge in [0.15, 0.2) is 0 Å². The van der Waals surface area contributed by atoms with Crippen LogP contribution in [0.2, 0.25) is 0 Å². The number of likely N-dealkylation sites (N-methyl/N-ethyl adjacent to an activating group) is 1. The van der Waals surface area contributed by atoms with Crippen molar-refractivity contribution >= 4 is 5.82 Å². The number of rotatable bonds is 3. The molecule has 2 saturated heterocycles. The lowest BCUT2D eigenvalue weighted by atomic mass is 9.68. The van der Waals surface area contributed by atoms with Crippen molar-refractivity contribution in [2.45, 2.75) is 32.1 Å². The maximum Gasteiger partial charge on any atom is 0.147 e. The predicted octanol–water partition coefficient (Wildman–Crippen LogP) is 3.57. The van der Waals surface area contributed by atoms with E-state index in [0.717, 1.165) is 25.5 Å². The summed E-state index contributed by atoms with van der Waals surface area (Å²) in [6.45, 7) is 8.10. The van der Waals surface area contributed by atoms with Gasteiger partial charge in [-0.3, -0.25) is 4.98 Å². The maximum absolute atomic E-state index is 4.48. The molecule has 0 N–H and O–H groups in total. The summed E-state index contributed by atoms with van der Waals surface area (Å²) >= 11 is 0. The van der Waals surface area contributed by atoms with Crippen LogP contribution in [-0.2, 0) is 0 Å². The predicted molar refractivity (Wildman–Crippen MR) is 102 cm³/mol. The molecule has 1 aromatic carbocycles. The van der Waals surface area contributed by atoms with Gasteiger partial charge >= 0.3 is 0 Å². The second-order valence-corrected chi connectivity index (χ2v) is 7.69. The van der Waals surface area contributed by atoms with Crippen LogP contribution in [0.25, 0.3) is 0 Å². The summed E-state index contributed by atoms with van der Waals surface area (Å²) in [5.41, 5.74) is 1.96. The van der Waals surface area contributed by atoms with Crippen LogP contribution in [0.3, 0.4) is 0 Å². The molecule has 2 aromatic rings. The molecule has 3 heterocycles. The van der Waals surface area contributed by atoms with Gasteiger partial charge in [-0.1, -0.05) is 37.3 Å². The highest BCUT2D eigenvalue weighted by Crippen LogP contribution is 2.45. The SMILES string of the molecule is CCN1C[C@@H](c2ccccc2)CC2(CCN(c3cnccn3)CC2)C1. The van der Waals surface area contributed by atoms with Crippen LogP contribution in [0.4, 0.5) is 5.82 Å². The first-order valence-corrected chi connectivity index (χ1v) is 9.56. The molecule has 25 heavy (non-hydrogen) atoms. The van der Waals surface area contributed by atoms with Crippen molar-refractivity contribution in [1.29, 1.82) is 0 Å². The first kappa shape index (κ1) is 16.5. The van der Waals surface area contributed by atoms with Gasteiger partial charge in [0.2, 0.25) is 0 Å². The summed E-state index contributed by atoms with van der Waals surface area (Å²) in [5.74, 6) is 1.69. The lowest BCUT2D eigenvalue weighted by Gasteiger charge is -2.50. The van der Waals surface area contributed by atoms with Gasteiger partial charge in [-0.25, -0.2) is 4.98 Å². The average Bonchev–Trinajstić information content (AvgIpc) is 2.69. The number of hydrogen-bond acceptors (Lipinski definition) is 4. The Bertz CT molecular complexity index is 665. The molecule has 0 saturated carbocycles. The fourth-order valence-electron chi connectivity index (χ4n) is 4.72. The Morgan fingerprint density at radius 1 is 1.12 bits per heavy atom. The van der Waals surface area contributed by atoms with Crippen LogP contribution in [0, 0.1) is 5.41 Å². The molecule has 1 spiro atoms. The molecule has 0 aliphatic carbocycles. The summed E-state index contributed by atoms with van der Waals surface area (Å²) in [6, 6.07) is 11.1. The van der Waals surface area contributed by atoms with Crippen molar-refractivity contribution < 1.29 is 0 Å². The Balaban J connectivity index is 1.49. The van der Waals surface area contributed by atoms with Gasteiger partial charge < -0.3 is 9.80 Å². The second-order valence-electron chi connectivity index (χ2n) is 7.69. The largest absolute Gasteiger partial charge is 0.355 e. The van der Waals surface area contributed by atoms with Crippen molar-refractivity contribution in [2.75, 3.05) is 37.6 Å². The molecule has 4 nitrogen and oxygen atoms in total. The smallest absolute Gasteiger partial charge is 0.147 e. The molecule has 2 aliphatic rings. The van der Waals surface area contributed by atoms with E-state index in [1.165, 1.54) is 37.9 Å². The average molecular weight is 336 g/mol. The van der Waals surface area contributed by atoms with Gasteiger partial charge in [0.1, 0.15) is 5.82 Å². The Hall–Kier alpha value is -1.94. The fourth-order valence-corrected chi connectivity index (χ4v) is 4.72. The van der Waals surface area contributed by atoms with Gasteiger partial charge in [-0.05, 0) is 42.7 Å². The van der Waals surface area contributed by atoms with Gasteiger partial charge in [-0.2, -0.15) is 0 Å². The monoisotopic (exact) mass is 336 g/mol. The highest BCUT2D eigenvalue weighted by atomic mass is 15.2. The summed E-state index contributed by atoms with van der Waals surface area (Å²) < 4.78 is 0. The lowest BCUT2D eigenvalue weighted by molar-refractivity contribution is 0.0543. The van der Waals surface area contributed by atoms with Crippen LogP contribution in [0.1, 0.15) is 37.7 Å². The summed E-state index contributed by atoms with van der Waals surface area (Å²) in [6.07, 6.45) is 9.27. The second kappa shape index (κ2) is 7.12. The molecule has 132 valence electrons. The zero-order valence-electron chi connectivity index (χ0n) is 15.1. The van der Waals surface area contributed by atoms with Crippen molar-refractivity contribution in [3.8, 4) is 0 Å². The number of nitrogens with zero attached hydrogens (tertiary/aromatic N) is 4. The van der Waals surface area contributed by atoms with Gasteiger partial charge in [0, 0.05) is 38.6 Å². The van der Waals surface area contributed by atoms with E-state index in [-0.39, 0.29) is 0 Å². The molecular weight excluding hydrogens is 308 g/mol. The van der Waals surface area contributed by atoms with Crippen LogP contribution < -0.4 is 4.90 Å². The maximum atomic E-state index is 4.48. The highest BCUT2D eigenvalue weighted by Gasteiger charge is 2.42. The Morgan fingerprint density at radius 3 is 2.60 bits per heavy atom. The fraction of sp³-hybridized carbons (Fsp3) is 0.524. The van der Waals surface area contributed by atoms with Crippen LogP contribution in [0.5, 0.6) is 0 Å². The van der Waals surface area contributed by atoms with Crippen LogP contribution in [0.15, 0.2) is 48.9 Å². The summed E-state index contributed by atoms with van der Waals surface area (Å²) in [5, 5.41) is 0. The third kappa shape index (κ3) is 3.54. The molecule has 1 atom stereocenters. The molecule has 0 radical (unpaired) electrons. The first-order valence-electron chi connectivity index (χ1n) is 9.56. The van der Waals surface area contributed by atoms with Crippen LogP contribution >= 0.6 is 0 Å². The first-order chi connectivity index (χ1) is 12.3. The third-order valence-corrected chi connectivity index (χ3v) is 6.13. The van der Waals surface area contributed by atoms with E-state index in [0.29, 0.717) is 11.3 Å².